The molecule has 31 heavy (non-hydrogen) atoms. The van der Waals surface area contributed by atoms with Crippen LogP contribution in [-0.2, 0) is 4.79 Å². The molecule has 0 fully saturated rings. The lowest BCUT2D eigenvalue weighted by molar-refractivity contribution is -0.111. The van der Waals surface area contributed by atoms with Crippen LogP contribution in [0.15, 0.2) is 53.9 Å². The Hall–Kier alpha value is -3.50. The SMILES string of the molecule is C=CC(=O)Nc1ccc(F)c(Nc2nc(N/C(C=NCCN(C)C)=C/N)ncc2Cl)c1. The lowest BCUT2D eigenvalue weighted by atomic mass is 10.2. The third kappa shape index (κ3) is 7.68. The van der Waals surface area contributed by atoms with Gasteiger partial charge < -0.3 is 26.6 Å². The number of allylic oxidation sites excluding steroid dienone is 1. The molecule has 0 bridgehead atoms. The van der Waals surface area contributed by atoms with E-state index in [9.17, 15) is 9.18 Å². The van der Waals surface area contributed by atoms with Crippen molar-refractivity contribution in [2.45, 2.75) is 0 Å². The second-order valence-corrected chi connectivity index (χ2v) is 6.90. The number of carbonyl (C=O) groups excluding carboxylic acids is 1. The number of carbonyl (C=O) groups is 1. The summed E-state index contributed by atoms with van der Waals surface area (Å²) in [7, 11) is 3.91. The molecule has 5 N–H and O–H groups in total. The number of anilines is 4. The first-order valence-corrected chi connectivity index (χ1v) is 9.56. The Morgan fingerprint density at radius 1 is 1.39 bits per heavy atom. The number of benzene rings is 1. The smallest absolute Gasteiger partial charge is 0.247 e. The first-order chi connectivity index (χ1) is 14.8. The maximum Gasteiger partial charge on any atom is 0.247 e. The fourth-order valence-electron chi connectivity index (χ4n) is 2.20. The summed E-state index contributed by atoms with van der Waals surface area (Å²) in [5.41, 5.74) is 6.54. The summed E-state index contributed by atoms with van der Waals surface area (Å²) in [5, 5.41) is 8.45. The minimum absolute atomic E-state index is 0.0632. The monoisotopic (exact) mass is 446 g/mol. The highest BCUT2D eigenvalue weighted by Crippen LogP contribution is 2.27. The lowest BCUT2D eigenvalue weighted by Gasteiger charge is -2.12. The Morgan fingerprint density at radius 2 is 2.16 bits per heavy atom. The van der Waals surface area contributed by atoms with E-state index < -0.39 is 11.7 Å². The minimum atomic E-state index is -0.559. The third-order valence-corrected chi connectivity index (χ3v) is 4.04. The molecular weight excluding hydrogens is 423 g/mol. The molecule has 0 unspecified atom stereocenters. The lowest BCUT2D eigenvalue weighted by Crippen LogP contribution is -2.16. The Balaban J connectivity index is 2.17. The van der Waals surface area contributed by atoms with Gasteiger partial charge in [-0.05, 0) is 38.4 Å². The topological polar surface area (TPSA) is 121 Å². The molecule has 1 heterocycles. The first kappa shape index (κ1) is 23.8. The van der Waals surface area contributed by atoms with E-state index in [0.29, 0.717) is 17.9 Å². The van der Waals surface area contributed by atoms with Crippen LogP contribution in [-0.4, -0.2) is 54.2 Å². The van der Waals surface area contributed by atoms with Crippen molar-refractivity contribution < 1.29 is 9.18 Å². The highest BCUT2D eigenvalue weighted by Gasteiger charge is 2.11. The number of hydrogen-bond acceptors (Lipinski definition) is 8. The number of nitrogens with one attached hydrogen (secondary N) is 3. The van der Waals surface area contributed by atoms with Crippen LogP contribution in [0.25, 0.3) is 0 Å². The van der Waals surface area contributed by atoms with E-state index in [4.69, 9.17) is 17.3 Å². The molecule has 9 nitrogen and oxygen atoms in total. The van der Waals surface area contributed by atoms with E-state index >= 15 is 0 Å². The highest BCUT2D eigenvalue weighted by molar-refractivity contribution is 6.32. The van der Waals surface area contributed by atoms with Crippen LogP contribution in [0, 0.1) is 5.82 Å². The van der Waals surface area contributed by atoms with Gasteiger partial charge >= 0.3 is 0 Å². The van der Waals surface area contributed by atoms with E-state index in [1.165, 1.54) is 30.6 Å². The number of amides is 1. The van der Waals surface area contributed by atoms with Gasteiger partial charge in [-0.2, -0.15) is 4.98 Å². The predicted molar refractivity (Wildman–Crippen MR) is 123 cm³/mol. The minimum Gasteiger partial charge on any atom is -0.403 e. The molecule has 0 saturated carbocycles. The van der Waals surface area contributed by atoms with Crippen molar-refractivity contribution in [3.8, 4) is 0 Å². The van der Waals surface area contributed by atoms with Gasteiger partial charge in [0, 0.05) is 24.6 Å². The Labute approximate surface area is 184 Å². The van der Waals surface area contributed by atoms with Gasteiger partial charge in [-0.3, -0.25) is 9.79 Å². The molecule has 1 aromatic heterocycles. The van der Waals surface area contributed by atoms with Crippen LogP contribution in [0.2, 0.25) is 5.02 Å². The summed E-state index contributed by atoms with van der Waals surface area (Å²) in [6, 6.07) is 4.03. The zero-order chi connectivity index (χ0) is 22.8. The first-order valence-electron chi connectivity index (χ1n) is 9.18. The average molecular weight is 447 g/mol. The van der Waals surface area contributed by atoms with Gasteiger partial charge in [-0.25, -0.2) is 9.37 Å². The Bertz CT molecular complexity index is 993. The summed E-state index contributed by atoms with van der Waals surface area (Å²) in [6.07, 6.45) is 5.37. The standard InChI is InChI=1S/C20H24ClFN8O/c1-4-18(31)26-13-5-6-16(22)17(9-13)28-19-15(21)12-25-20(29-19)27-14(10-23)11-24-7-8-30(2)3/h4-6,9-12H,1,7-8,23H2,2-3H3,(H,26,31)(H2,25,27,28,29)/b14-10+,24-11?. The molecule has 0 aliphatic heterocycles. The van der Waals surface area contributed by atoms with Gasteiger partial charge in [-0.1, -0.05) is 18.2 Å². The number of aromatic nitrogens is 2. The fraction of sp³-hybridized carbons (Fsp3) is 0.200. The van der Waals surface area contributed by atoms with Crippen molar-refractivity contribution in [3.05, 3.63) is 59.8 Å². The van der Waals surface area contributed by atoms with Crippen molar-refractivity contribution >= 4 is 46.9 Å². The number of hydrogen-bond donors (Lipinski definition) is 4. The van der Waals surface area contributed by atoms with Gasteiger partial charge in [0.05, 0.1) is 24.1 Å². The van der Waals surface area contributed by atoms with Gasteiger partial charge in [0.1, 0.15) is 10.8 Å². The third-order valence-electron chi connectivity index (χ3n) is 3.76. The molecule has 11 heteroatoms. The van der Waals surface area contributed by atoms with Gasteiger partial charge in [-0.15, -0.1) is 0 Å². The Morgan fingerprint density at radius 3 is 2.84 bits per heavy atom. The van der Waals surface area contributed by atoms with Crippen LogP contribution in [0.3, 0.4) is 0 Å². The van der Waals surface area contributed by atoms with Crippen molar-refractivity contribution in [1.82, 2.24) is 14.9 Å². The average Bonchev–Trinajstić information content (AvgIpc) is 2.74. The number of rotatable bonds is 10. The molecule has 2 aromatic rings. The molecule has 2 rings (SSSR count). The predicted octanol–water partition coefficient (Wildman–Crippen LogP) is 2.98. The number of aliphatic imine (C=N–C) groups is 1. The van der Waals surface area contributed by atoms with Gasteiger partial charge in [0.25, 0.3) is 0 Å². The van der Waals surface area contributed by atoms with E-state index in [1.54, 1.807) is 6.21 Å². The van der Waals surface area contributed by atoms with Crippen LogP contribution in [0.4, 0.5) is 27.5 Å². The van der Waals surface area contributed by atoms with Crippen molar-refractivity contribution in [1.29, 1.82) is 0 Å². The van der Waals surface area contributed by atoms with Crippen LogP contribution in [0.5, 0.6) is 0 Å². The maximum absolute atomic E-state index is 14.3. The summed E-state index contributed by atoms with van der Waals surface area (Å²) in [5.74, 6) is -0.640. The van der Waals surface area contributed by atoms with Crippen molar-refractivity contribution in [2.24, 2.45) is 10.7 Å². The molecule has 164 valence electrons. The Kier molecular flexibility index (Phi) is 8.92. The molecule has 0 atom stereocenters. The molecule has 1 amide bonds. The molecule has 1 aromatic carbocycles. The molecule has 0 radical (unpaired) electrons. The van der Waals surface area contributed by atoms with Crippen molar-refractivity contribution in [3.63, 3.8) is 0 Å². The maximum atomic E-state index is 14.3. The molecular formula is C20H24ClFN8O. The quantitative estimate of drug-likeness (QED) is 0.327. The van der Waals surface area contributed by atoms with E-state index in [2.05, 4.69) is 37.5 Å². The van der Waals surface area contributed by atoms with Crippen LogP contribution in [0.1, 0.15) is 0 Å². The number of nitrogens with zero attached hydrogens (tertiary/aromatic N) is 4. The van der Waals surface area contributed by atoms with E-state index in [-0.39, 0.29) is 22.5 Å². The fourth-order valence-corrected chi connectivity index (χ4v) is 2.34. The van der Waals surface area contributed by atoms with Crippen LogP contribution < -0.4 is 21.7 Å². The molecule has 0 spiro atoms. The molecule has 0 aliphatic rings. The van der Waals surface area contributed by atoms with Gasteiger partial charge in [0.15, 0.2) is 5.82 Å². The summed E-state index contributed by atoms with van der Waals surface area (Å²) in [4.78, 5) is 26.1. The van der Waals surface area contributed by atoms with E-state index in [0.717, 1.165) is 12.6 Å². The van der Waals surface area contributed by atoms with Crippen LogP contribution >= 0.6 is 11.6 Å². The molecule has 0 aliphatic carbocycles. The highest BCUT2D eigenvalue weighted by atomic mass is 35.5. The largest absolute Gasteiger partial charge is 0.403 e. The molecule has 0 saturated heterocycles. The van der Waals surface area contributed by atoms with Crippen molar-refractivity contribution in [2.75, 3.05) is 43.1 Å². The summed E-state index contributed by atoms with van der Waals surface area (Å²) in [6.45, 7) is 4.76. The van der Waals surface area contributed by atoms with Gasteiger partial charge in [0.2, 0.25) is 11.9 Å². The summed E-state index contributed by atoms with van der Waals surface area (Å²) < 4.78 is 14.3. The summed E-state index contributed by atoms with van der Waals surface area (Å²) >= 11 is 6.16. The number of halogens is 2. The zero-order valence-corrected chi connectivity index (χ0v) is 17.9. The van der Waals surface area contributed by atoms with E-state index in [1.807, 2.05) is 19.0 Å². The number of nitrogens with two attached hydrogens (primary N) is 1. The zero-order valence-electron chi connectivity index (χ0n) is 17.2. The number of likely N-dealkylation sites (N-methyl/N-ethyl adjacent to an activating group) is 1. The normalized spacial score (nSPS) is 11.6. The second-order valence-electron chi connectivity index (χ2n) is 6.49. The second kappa shape index (κ2) is 11.6.